The molecule has 0 aromatic carbocycles. The lowest BCUT2D eigenvalue weighted by atomic mass is 10.2. The van der Waals surface area contributed by atoms with E-state index in [9.17, 15) is 9.18 Å². The maximum atomic E-state index is 12.8. The highest BCUT2D eigenvalue weighted by atomic mass is 35.5. The van der Waals surface area contributed by atoms with Crippen molar-refractivity contribution in [1.82, 2.24) is 10.3 Å². The van der Waals surface area contributed by atoms with Gasteiger partial charge in [0.25, 0.3) is 0 Å². The first kappa shape index (κ1) is 13.3. The number of aromatic nitrogens is 1. The van der Waals surface area contributed by atoms with E-state index in [4.69, 9.17) is 0 Å². The number of alkyl halides is 1. The first-order valence-corrected chi connectivity index (χ1v) is 5.63. The number of aryl methyl sites for hydroxylation is 1. The Kier molecular flexibility index (Phi) is 4.64. The quantitative estimate of drug-likeness (QED) is 0.852. The number of halogens is 2. The normalized spacial score (nSPS) is 23.9. The summed E-state index contributed by atoms with van der Waals surface area (Å²) in [6.07, 6.45) is -0.672. The van der Waals surface area contributed by atoms with E-state index in [1.165, 1.54) is 11.3 Å². The monoisotopic (exact) mass is 265 g/mol. The summed E-state index contributed by atoms with van der Waals surface area (Å²) < 4.78 is 12.8. The topological polar surface area (TPSA) is 54.0 Å². The predicted octanol–water partition coefficient (Wildman–Crippen LogP) is 1.51. The van der Waals surface area contributed by atoms with Crippen molar-refractivity contribution in [2.45, 2.75) is 25.6 Å². The van der Waals surface area contributed by atoms with Crippen LogP contribution in [-0.4, -0.2) is 29.6 Å². The largest absolute Gasteiger partial charge is 0.303 e. The highest BCUT2D eigenvalue weighted by Crippen LogP contribution is 2.16. The molecule has 0 bridgehead atoms. The van der Waals surface area contributed by atoms with Gasteiger partial charge in [-0.25, -0.2) is 9.37 Å². The minimum Gasteiger partial charge on any atom is -0.303 e. The molecule has 0 radical (unpaired) electrons. The highest BCUT2D eigenvalue weighted by molar-refractivity contribution is 7.13. The SMILES string of the molecule is Cc1csc(NC(=O)[C@H]2C[C@H](F)CN2)n1.Cl. The van der Waals surface area contributed by atoms with E-state index < -0.39 is 12.2 Å². The second-order valence-electron chi connectivity index (χ2n) is 3.58. The Bertz CT molecular complexity index is 373. The van der Waals surface area contributed by atoms with Gasteiger partial charge in [0.05, 0.1) is 11.7 Å². The molecule has 2 atom stereocenters. The first-order valence-electron chi connectivity index (χ1n) is 4.75. The predicted molar refractivity (Wildman–Crippen MR) is 64.0 cm³/mol. The summed E-state index contributed by atoms with van der Waals surface area (Å²) in [6.45, 7) is 2.12. The Hall–Kier alpha value is -0.720. The number of thiazole rings is 1. The van der Waals surface area contributed by atoms with Crippen LogP contribution in [0.15, 0.2) is 5.38 Å². The number of anilines is 1. The fourth-order valence-electron chi connectivity index (χ4n) is 1.50. The lowest BCUT2D eigenvalue weighted by Gasteiger charge is -2.08. The molecule has 0 saturated carbocycles. The molecule has 0 spiro atoms. The van der Waals surface area contributed by atoms with Crippen LogP contribution in [0.25, 0.3) is 0 Å². The van der Waals surface area contributed by atoms with Crippen molar-refractivity contribution in [2.24, 2.45) is 0 Å². The fourth-order valence-corrected chi connectivity index (χ4v) is 2.19. The van der Waals surface area contributed by atoms with E-state index in [2.05, 4.69) is 15.6 Å². The molecule has 2 N–H and O–H groups in total. The first-order chi connectivity index (χ1) is 7.15. The van der Waals surface area contributed by atoms with Gasteiger partial charge < -0.3 is 10.6 Å². The number of nitrogens with zero attached hydrogens (tertiary/aromatic N) is 1. The average Bonchev–Trinajstić information content (AvgIpc) is 2.75. The van der Waals surface area contributed by atoms with Crippen LogP contribution in [0.2, 0.25) is 0 Å². The van der Waals surface area contributed by atoms with E-state index in [1.807, 2.05) is 12.3 Å². The maximum absolute atomic E-state index is 12.8. The van der Waals surface area contributed by atoms with Gasteiger partial charge in [-0.2, -0.15) is 0 Å². The second kappa shape index (κ2) is 5.56. The molecule has 4 nitrogen and oxygen atoms in total. The molecule has 0 unspecified atom stereocenters. The molecule has 0 aliphatic carbocycles. The molecule has 7 heteroatoms. The minimum atomic E-state index is -0.918. The van der Waals surface area contributed by atoms with Crippen molar-refractivity contribution >= 4 is 34.8 Å². The zero-order valence-electron chi connectivity index (χ0n) is 8.70. The summed E-state index contributed by atoms with van der Waals surface area (Å²) in [6, 6.07) is -0.427. The zero-order valence-corrected chi connectivity index (χ0v) is 10.3. The van der Waals surface area contributed by atoms with Crippen molar-refractivity contribution in [3.63, 3.8) is 0 Å². The molecule has 1 amide bonds. The van der Waals surface area contributed by atoms with Gasteiger partial charge >= 0.3 is 0 Å². The Morgan fingerprint density at radius 2 is 2.50 bits per heavy atom. The molecule has 1 aliphatic heterocycles. The van der Waals surface area contributed by atoms with Gasteiger partial charge in [0, 0.05) is 18.3 Å². The van der Waals surface area contributed by atoms with Gasteiger partial charge in [-0.05, 0) is 6.92 Å². The number of hydrogen-bond acceptors (Lipinski definition) is 4. The summed E-state index contributed by atoms with van der Waals surface area (Å²) in [5.41, 5.74) is 0.873. The molecule has 1 aromatic heterocycles. The van der Waals surface area contributed by atoms with Crippen LogP contribution in [0.5, 0.6) is 0 Å². The van der Waals surface area contributed by atoms with Crippen molar-refractivity contribution in [3.05, 3.63) is 11.1 Å². The third-order valence-corrected chi connectivity index (χ3v) is 3.12. The summed E-state index contributed by atoms with van der Waals surface area (Å²) in [5, 5.41) is 7.92. The summed E-state index contributed by atoms with van der Waals surface area (Å²) in [5.74, 6) is -0.204. The van der Waals surface area contributed by atoms with E-state index >= 15 is 0 Å². The fraction of sp³-hybridized carbons (Fsp3) is 0.556. The molecular formula is C9H13ClFN3OS. The molecular weight excluding hydrogens is 253 g/mol. The number of nitrogens with one attached hydrogen (secondary N) is 2. The Morgan fingerprint density at radius 3 is 3.00 bits per heavy atom. The number of amides is 1. The Labute approximate surface area is 103 Å². The van der Waals surface area contributed by atoms with Gasteiger partial charge in [0.1, 0.15) is 6.17 Å². The van der Waals surface area contributed by atoms with Crippen molar-refractivity contribution in [1.29, 1.82) is 0 Å². The smallest absolute Gasteiger partial charge is 0.243 e. The van der Waals surface area contributed by atoms with Crippen LogP contribution >= 0.6 is 23.7 Å². The lowest BCUT2D eigenvalue weighted by Crippen LogP contribution is -2.35. The molecule has 16 heavy (non-hydrogen) atoms. The summed E-state index contributed by atoms with van der Waals surface area (Å²) in [7, 11) is 0. The summed E-state index contributed by atoms with van der Waals surface area (Å²) >= 11 is 1.37. The van der Waals surface area contributed by atoms with Crippen LogP contribution in [-0.2, 0) is 4.79 Å². The molecule has 1 saturated heterocycles. The summed E-state index contributed by atoms with van der Waals surface area (Å²) in [4.78, 5) is 15.7. The van der Waals surface area contributed by atoms with Crippen LogP contribution < -0.4 is 10.6 Å². The Balaban J connectivity index is 0.00000128. The standard InChI is InChI=1S/C9H12FN3OS.ClH/c1-5-4-15-9(12-5)13-8(14)7-2-6(10)3-11-7;/h4,6-7,11H,2-3H2,1H3,(H,12,13,14);1H/t6-,7+;/m0./s1. The molecule has 90 valence electrons. The third-order valence-electron chi connectivity index (χ3n) is 2.24. The third kappa shape index (κ3) is 3.13. The van der Waals surface area contributed by atoms with Crippen LogP contribution in [0.3, 0.4) is 0 Å². The molecule has 2 heterocycles. The van der Waals surface area contributed by atoms with Crippen LogP contribution in [0.1, 0.15) is 12.1 Å². The average molecular weight is 266 g/mol. The van der Waals surface area contributed by atoms with Gasteiger partial charge in [-0.1, -0.05) is 0 Å². The van der Waals surface area contributed by atoms with E-state index in [1.54, 1.807) is 0 Å². The van der Waals surface area contributed by atoms with E-state index in [0.717, 1.165) is 5.69 Å². The van der Waals surface area contributed by atoms with Gasteiger partial charge in [-0.3, -0.25) is 4.79 Å². The Morgan fingerprint density at radius 1 is 1.75 bits per heavy atom. The van der Waals surface area contributed by atoms with Gasteiger partial charge in [-0.15, -0.1) is 23.7 Å². The molecule has 2 rings (SSSR count). The molecule has 1 aliphatic rings. The van der Waals surface area contributed by atoms with Crippen molar-refractivity contribution in [3.8, 4) is 0 Å². The number of carbonyl (C=O) groups excluding carboxylic acids is 1. The van der Waals surface area contributed by atoms with Gasteiger partial charge in [0.2, 0.25) is 5.91 Å². The van der Waals surface area contributed by atoms with Crippen molar-refractivity contribution in [2.75, 3.05) is 11.9 Å². The number of hydrogen-bond donors (Lipinski definition) is 2. The maximum Gasteiger partial charge on any atom is 0.243 e. The highest BCUT2D eigenvalue weighted by Gasteiger charge is 2.29. The van der Waals surface area contributed by atoms with E-state index in [-0.39, 0.29) is 31.3 Å². The molecule has 1 aromatic rings. The van der Waals surface area contributed by atoms with Crippen molar-refractivity contribution < 1.29 is 9.18 Å². The van der Waals surface area contributed by atoms with E-state index in [0.29, 0.717) is 5.13 Å². The lowest BCUT2D eigenvalue weighted by molar-refractivity contribution is -0.117. The van der Waals surface area contributed by atoms with Crippen LogP contribution in [0.4, 0.5) is 9.52 Å². The molecule has 1 fully saturated rings. The minimum absolute atomic E-state index is 0. The van der Waals surface area contributed by atoms with Crippen LogP contribution in [0, 0.1) is 6.92 Å². The zero-order chi connectivity index (χ0) is 10.8. The van der Waals surface area contributed by atoms with Gasteiger partial charge in [0.15, 0.2) is 5.13 Å². The number of carbonyl (C=O) groups is 1. The second-order valence-corrected chi connectivity index (χ2v) is 4.44. The number of rotatable bonds is 2.